The van der Waals surface area contributed by atoms with Crippen LogP contribution in [0, 0.1) is 0 Å². The average Bonchev–Trinajstić information content (AvgIpc) is 2.68. The topological polar surface area (TPSA) is 102 Å². The number of hydrogen-bond acceptors (Lipinski definition) is 5. The highest BCUT2D eigenvalue weighted by atomic mass is 31.2. The summed E-state index contributed by atoms with van der Waals surface area (Å²) in [6.45, 7) is 2.02. The Morgan fingerprint density at radius 2 is 1.62 bits per heavy atom. The highest BCUT2D eigenvalue weighted by Gasteiger charge is 2.30. The van der Waals surface area contributed by atoms with E-state index in [-0.39, 0.29) is 32.2 Å². The van der Waals surface area contributed by atoms with Gasteiger partial charge in [0, 0.05) is 13.0 Å². The third-order valence-electron chi connectivity index (χ3n) is 4.01. The van der Waals surface area contributed by atoms with Crippen LogP contribution in [0.25, 0.3) is 0 Å². The predicted molar refractivity (Wildman–Crippen MR) is 109 cm³/mol. The summed E-state index contributed by atoms with van der Waals surface area (Å²) in [5, 5.41) is 2.58. The number of rotatable bonds is 11. The lowest BCUT2D eigenvalue weighted by Gasteiger charge is -2.21. The van der Waals surface area contributed by atoms with Gasteiger partial charge in [-0.15, -0.1) is 0 Å². The fraction of sp³-hybridized carbons (Fsp3) is 0.333. The van der Waals surface area contributed by atoms with E-state index in [0.717, 1.165) is 5.56 Å². The molecule has 0 saturated carbocycles. The van der Waals surface area contributed by atoms with E-state index in [9.17, 15) is 19.0 Å². The SMILES string of the molecule is CCOC(=O)CCNC(=O)[C@H](Cc1ccccc1)OP(=O)(O)Cc1ccccc1. The smallest absolute Gasteiger partial charge is 0.333 e. The van der Waals surface area contributed by atoms with Gasteiger partial charge < -0.3 is 14.9 Å². The molecule has 0 aromatic heterocycles. The van der Waals surface area contributed by atoms with Crippen LogP contribution in [-0.4, -0.2) is 36.0 Å². The highest BCUT2D eigenvalue weighted by molar-refractivity contribution is 7.52. The number of ether oxygens (including phenoxy) is 1. The number of nitrogens with one attached hydrogen (secondary N) is 1. The molecule has 0 aliphatic rings. The first-order valence-electron chi connectivity index (χ1n) is 9.41. The molecule has 0 radical (unpaired) electrons. The van der Waals surface area contributed by atoms with E-state index in [0.29, 0.717) is 5.56 Å². The van der Waals surface area contributed by atoms with Gasteiger partial charge in [-0.25, -0.2) is 0 Å². The number of carbonyl (C=O) groups is 2. The predicted octanol–water partition coefficient (Wildman–Crippen LogP) is 3.07. The lowest BCUT2D eigenvalue weighted by Crippen LogP contribution is -2.38. The van der Waals surface area contributed by atoms with Gasteiger partial charge in [0.15, 0.2) is 0 Å². The summed E-state index contributed by atoms with van der Waals surface area (Å²) < 4.78 is 22.9. The summed E-state index contributed by atoms with van der Waals surface area (Å²) in [7, 11) is -4.08. The Hall–Kier alpha value is -2.47. The third-order valence-corrected chi connectivity index (χ3v) is 5.36. The average molecular weight is 419 g/mol. The Morgan fingerprint density at radius 3 is 2.21 bits per heavy atom. The summed E-state index contributed by atoms with van der Waals surface area (Å²) >= 11 is 0. The van der Waals surface area contributed by atoms with Gasteiger partial charge in [-0.1, -0.05) is 60.7 Å². The van der Waals surface area contributed by atoms with Crippen LogP contribution in [0.1, 0.15) is 24.5 Å². The zero-order valence-corrected chi connectivity index (χ0v) is 17.2. The summed E-state index contributed by atoms with van der Waals surface area (Å²) in [5.41, 5.74) is 1.43. The largest absolute Gasteiger partial charge is 0.466 e. The zero-order valence-electron chi connectivity index (χ0n) is 16.3. The molecule has 2 aromatic rings. The van der Waals surface area contributed by atoms with Crippen molar-refractivity contribution >= 4 is 19.5 Å². The van der Waals surface area contributed by atoms with Gasteiger partial charge in [0.25, 0.3) is 0 Å². The zero-order chi connectivity index (χ0) is 21.1. The van der Waals surface area contributed by atoms with Crippen molar-refractivity contribution < 1.29 is 28.3 Å². The van der Waals surface area contributed by atoms with Crippen LogP contribution in [0.15, 0.2) is 60.7 Å². The Morgan fingerprint density at radius 1 is 1.03 bits per heavy atom. The Balaban J connectivity index is 2.04. The third kappa shape index (κ3) is 8.60. The van der Waals surface area contributed by atoms with E-state index in [4.69, 9.17) is 9.26 Å². The number of benzene rings is 2. The number of carbonyl (C=O) groups excluding carboxylic acids is 2. The van der Waals surface area contributed by atoms with Crippen LogP contribution < -0.4 is 5.32 Å². The van der Waals surface area contributed by atoms with Gasteiger partial charge in [0.2, 0.25) is 5.91 Å². The van der Waals surface area contributed by atoms with E-state index < -0.39 is 25.6 Å². The summed E-state index contributed by atoms with van der Waals surface area (Å²) in [4.78, 5) is 34.4. The second-order valence-electron chi connectivity index (χ2n) is 6.41. The van der Waals surface area contributed by atoms with Crippen molar-refractivity contribution in [2.45, 2.75) is 32.0 Å². The highest BCUT2D eigenvalue weighted by Crippen LogP contribution is 2.47. The summed E-state index contributed by atoms with van der Waals surface area (Å²) in [6, 6.07) is 17.9. The van der Waals surface area contributed by atoms with Crippen molar-refractivity contribution in [2.75, 3.05) is 13.2 Å². The molecule has 0 aliphatic carbocycles. The molecule has 0 aliphatic heterocycles. The molecule has 0 saturated heterocycles. The molecule has 29 heavy (non-hydrogen) atoms. The van der Waals surface area contributed by atoms with Gasteiger partial charge in [-0.3, -0.25) is 18.7 Å². The molecule has 2 atom stereocenters. The van der Waals surface area contributed by atoms with E-state index >= 15 is 0 Å². The maximum Gasteiger partial charge on any atom is 0.333 e. The van der Waals surface area contributed by atoms with E-state index in [2.05, 4.69) is 5.32 Å². The van der Waals surface area contributed by atoms with Gasteiger partial charge in [0.1, 0.15) is 6.10 Å². The standard InChI is InChI=1S/C21H26NO6P/c1-2-27-20(23)13-14-22-21(24)19(15-17-9-5-3-6-10-17)28-29(25,26)16-18-11-7-4-8-12-18/h3-12,19H,2,13-16H2,1H3,(H,22,24)(H,25,26)/t19-/m0/s1. The van der Waals surface area contributed by atoms with Crippen LogP contribution in [0.5, 0.6) is 0 Å². The summed E-state index contributed by atoms with van der Waals surface area (Å²) in [6.07, 6.45) is -1.22. The van der Waals surface area contributed by atoms with Crippen molar-refractivity contribution in [3.63, 3.8) is 0 Å². The van der Waals surface area contributed by atoms with Gasteiger partial charge in [0.05, 0.1) is 19.2 Å². The Labute approximate surface area is 170 Å². The molecule has 2 aromatic carbocycles. The maximum atomic E-state index is 12.6. The van der Waals surface area contributed by atoms with E-state index in [1.165, 1.54) is 0 Å². The number of hydrogen-bond donors (Lipinski definition) is 2. The molecule has 0 heterocycles. The van der Waals surface area contributed by atoms with Crippen LogP contribution >= 0.6 is 7.60 Å². The Bertz CT molecular complexity index is 828. The number of esters is 1. The van der Waals surface area contributed by atoms with Crippen LogP contribution in [0.3, 0.4) is 0 Å². The van der Waals surface area contributed by atoms with Crippen LogP contribution in [0.4, 0.5) is 0 Å². The minimum Gasteiger partial charge on any atom is -0.466 e. The second-order valence-corrected chi connectivity index (χ2v) is 8.21. The monoisotopic (exact) mass is 419 g/mol. The van der Waals surface area contributed by atoms with Crippen molar-refractivity contribution in [1.82, 2.24) is 5.32 Å². The first-order valence-corrected chi connectivity index (χ1v) is 11.2. The molecule has 0 spiro atoms. The molecule has 7 nitrogen and oxygen atoms in total. The van der Waals surface area contributed by atoms with Gasteiger partial charge in [-0.2, -0.15) is 0 Å². The van der Waals surface area contributed by atoms with E-state index in [1.54, 1.807) is 31.2 Å². The molecule has 0 fully saturated rings. The molecule has 156 valence electrons. The number of amides is 1. The fourth-order valence-electron chi connectivity index (χ4n) is 2.69. The quantitative estimate of drug-likeness (QED) is 0.429. The minimum atomic E-state index is -4.08. The van der Waals surface area contributed by atoms with Gasteiger partial charge in [-0.05, 0) is 18.1 Å². The molecule has 1 unspecified atom stereocenters. The maximum absolute atomic E-state index is 12.6. The second kappa shape index (κ2) is 11.5. The molecular weight excluding hydrogens is 393 g/mol. The van der Waals surface area contributed by atoms with Crippen molar-refractivity contribution in [3.05, 3.63) is 71.8 Å². The lowest BCUT2D eigenvalue weighted by molar-refractivity contribution is -0.143. The molecule has 2 N–H and O–H groups in total. The van der Waals surface area contributed by atoms with Gasteiger partial charge >= 0.3 is 13.6 Å². The Kier molecular flexibility index (Phi) is 9.06. The van der Waals surface area contributed by atoms with E-state index in [1.807, 2.05) is 36.4 Å². The lowest BCUT2D eigenvalue weighted by atomic mass is 10.1. The molecule has 2 rings (SSSR count). The molecule has 1 amide bonds. The van der Waals surface area contributed by atoms with Crippen LogP contribution in [-0.2, 0) is 36.0 Å². The van der Waals surface area contributed by atoms with Crippen molar-refractivity contribution in [3.8, 4) is 0 Å². The molecule has 0 bridgehead atoms. The molecule has 8 heteroatoms. The summed E-state index contributed by atoms with van der Waals surface area (Å²) in [5.74, 6) is -0.981. The minimum absolute atomic E-state index is 0.0123. The normalized spacial score (nSPS) is 13.9. The first-order chi connectivity index (χ1) is 13.9. The van der Waals surface area contributed by atoms with Crippen molar-refractivity contribution in [2.24, 2.45) is 0 Å². The molecular formula is C21H26NO6P. The van der Waals surface area contributed by atoms with Crippen LogP contribution in [0.2, 0.25) is 0 Å². The first kappa shape index (κ1) is 22.8. The fourth-order valence-corrected chi connectivity index (χ4v) is 4.01. The van der Waals surface area contributed by atoms with Crippen molar-refractivity contribution in [1.29, 1.82) is 0 Å².